The molecule has 2 amide bonds. The largest absolute Gasteiger partial charge is 0.495 e. The van der Waals surface area contributed by atoms with Gasteiger partial charge in [-0.25, -0.2) is 0 Å². The monoisotopic (exact) mass is 567 g/mol. The van der Waals surface area contributed by atoms with Crippen LogP contribution >= 0.6 is 35.0 Å². The Balaban J connectivity index is 1.39. The van der Waals surface area contributed by atoms with E-state index in [9.17, 15) is 9.59 Å². The molecule has 38 heavy (non-hydrogen) atoms. The Morgan fingerprint density at radius 3 is 2.61 bits per heavy atom. The van der Waals surface area contributed by atoms with E-state index in [2.05, 4.69) is 15.5 Å². The second-order valence-electron chi connectivity index (χ2n) is 8.43. The molecular weight excluding hydrogens is 545 g/mol. The van der Waals surface area contributed by atoms with Crippen LogP contribution in [-0.4, -0.2) is 46.0 Å². The molecule has 194 valence electrons. The molecule has 0 spiro atoms. The maximum absolute atomic E-state index is 13.1. The van der Waals surface area contributed by atoms with Crippen LogP contribution in [0.1, 0.15) is 21.7 Å². The van der Waals surface area contributed by atoms with Gasteiger partial charge in [-0.05, 0) is 48.4 Å². The number of methoxy groups -OCH3 is 1. The van der Waals surface area contributed by atoms with Gasteiger partial charge in [-0.3, -0.25) is 14.2 Å². The molecule has 0 atom stereocenters. The van der Waals surface area contributed by atoms with Crippen LogP contribution in [-0.2, 0) is 17.8 Å². The normalized spacial score (nSPS) is 12.3. The third kappa shape index (κ3) is 5.36. The Morgan fingerprint density at radius 1 is 1.03 bits per heavy atom. The maximum Gasteiger partial charge on any atom is 0.253 e. The highest BCUT2D eigenvalue weighted by Crippen LogP contribution is 2.31. The summed E-state index contributed by atoms with van der Waals surface area (Å²) in [5, 5.41) is 12.7. The molecule has 11 heteroatoms. The lowest BCUT2D eigenvalue weighted by molar-refractivity contribution is -0.116. The van der Waals surface area contributed by atoms with E-state index in [1.165, 1.54) is 23.4 Å². The maximum atomic E-state index is 13.1. The number of ether oxygens (including phenoxy) is 1. The smallest absolute Gasteiger partial charge is 0.253 e. The first-order chi connectivity index (χ1) is 18.5. The van der Waals surface area contributed by atoms with Gasteiger partial charge in [0.05, 0.1) is 35.7 Å². The minimum absolute atomic E-state index is 0.0139. The second kappa shape index (κ2) is 11.5. The van der Waals surface area contributed by atoms with Crippen molar-refractivity contribution in [1.29, 1.82) is 0 Å². The number of thioether (sulfide) groups is 1. The van der Waals surface area contributed by atoms with Crippen molar-refractivity contribution in [2.45, 2.75) is 18.1 Å². The van der Waals surface area contributed by atoms with Crippen LogP contribution in [0.4, 0.5) is 5.69 Å². The minimum Gasteiger partial charge on any atom is -0.495 e. The summed E-state index contributed by atoms with van der Waals surface area (Å²) in [7, 11) is 1.58. The number of anilines is 1. The molecule has 0 radical (unpaired) electrons. The van der Waals surface area contributed by atoms with Crippen LogP contribution in [0.2, 0.25) is 10.0 Å². The van der Waals surface area contributed by atoms with Gasteiger partial charge >= 0.3 is 0 Å². The van der Waals surface area contributed by atoms with E-state index in [-0.39, 0.29) is 28.8 Å². The van der Waals surface area contributed by atoms with Crippen LogP contribution in [0.25, 0.3) is 5.69 Å². The van der Waals surface area contributed by atoms with Crippen LogP contribution < -0.4 is 15.0 Å². The number of nitrogens with one attached hydrogen (secondary N) is 1. The number of para-hydroxylation sites is 3. The van der Waals surface area contributed by atoms with Crippen molar-refractivity contribution in [3.63, 3.8) is 0 Å². The van der Waals surface area contributed by atoms with Crippen molar-refractivity contribution in [3.8, 4) is 11.4 Å². The van der Waals surface area contributed by atoms with E-state index in [0.29, 0.717) is 34.0 Å². The fraction of sp³-hybridized carbons (Fsp3) is 0.185. The second-order valence-corrected chi connectivity index (χ2v) is 10.2. The Kier molecular flexibility index (Phi) is 7.87. The third-order valence-corrected chi connectivity index (χ3v) is 7.60. The molecule has 0 fully saturated rings. The van der Waals surface area contributed by atoms with Crippen LogP contribution in [0.5, 0.6) is 5.75 Å². The number of amides is 2. The number of hydrogen-bond acceptors (Lipinski definition) is 6. The highest BCUT2D eigenvalue weighted by Gasteiger charge is 2.26. The Bertz CT molecular complexity index is 1510. The van der Waals surface area contributed by atoms with Gasteiger partial charge < -0.3 is 15.0 Å². The molecule has 0 saturated carbocycles. The predicted octanol–water partition coefficient (Wildman–Crippen LogP) is 5.19. The molecule has 4 aromatic rings. The van der Waals surface area contributed by atoms with Gasteiger partial charge in [0, 0.05) is 17.3 Å². The number of fused-ring (bicyclic) bond motifs is 1. The van der Waals surface area contributed by atoms with Gasteiger partial charge in [-0.15, -0.1) is 10.2 Å². The summed E-state index contributed by atoms with van der Waals surface area (Å²) in [6.07, 6.45) is 0.838. The number of carbonyl (C=O) groups is 2. The lowest BCUT2D eigenvalue weighted by Gasteiger charge is -2.17. The van der Waals surface area contributed by atoms with Gasteiger partial charge in [-0.1, -0.05) is 65.3 Å². The van der Waals surface area contributed by atoms with Gasteiger partial charge in [0.15, 0.2) is 11.0 Å². The zero-order valence-corrected chi connectivity index (χ0v) is 22.7. The molecule has 0 saturated heterocycles. The first-order valence-electron chi connectivity index (χ1n) is 11.8. The molecule has 1 aliphatic heterocycles. The number of aromatic nitrogens is 3. The van der Waals surface area contributed by atoms with Crippen LogP contribution in [0.3, 0.4) is 0 Å². The Labute approximate surface area is 233 Å². The van der Waals surface area contributed by atoms with Crippen molar-refractivity contribution >= 4 is 52.5 Å². The van der Waals surface area contributed by atoms with Crippen molar-refractivity contribution in [3.05, 3.63) is 93.7 Å². The molecule has 1 aliphatic rings. The quantitative estimate of drug-likeness (QED) is 0.294. The fourth-order valence-corrected chi connectivity index (χ4v) is 5.51. The van der Waals surface area contributed by atoms with E-state index in [1.54, 1.807) is 23.8 Å². The lowest BCUT2D eigenvalue weighted by Crippen LogP contribution is -2.30. The molecule has 0 bridgehead atoms. The van der Waals surface area contributed by atoms with E-state index >= 15 is 0 Å². The Morgan fingerprint density at radius 2 is 1.79 bits per heavy atom. The summed E-state index contributed by atoms with van der Waals surface area (Å²) >= 11 is 13.5. The highest BCUT2D eigenvalue weighted by atomic mass is 35.5. The van der Waals surface area contributed by atoms with Crippen molar-refractivity contribution in [2.75, 3.05) is 24.3 Å². The topological polar surface area (TPSA) is 89.3 Å². The standard InChI is InChI=1S/C27H23Cl2N5O3S/c1-37-23-9-5-4-8-22(23)34-24(15-30-26(36)19-14-18(28)10-11-20(19)29)31-32-27(34)38-16-25(35)33-13-12-17-6-2-3-7-21(17)33/h2-11,14H,12-13,15-16H2,1H3,(H,30,36). The van der Waals surface area contributed by atoms with Gasteiger partial charge in [0.1, 0.15) is 5.75 Å². The van der Waals surface area contributed by atoms with Crippen molar-refractivity contribution < 1.29 is 14.3 Å². The summed E-state index contributed by atoms with van der Waals surface area (Å²) in [6.45, 7) is 0.710. The Hall–Kier alpha value is -3.53. The van der Waals surface area contributed by atoms with E-state index in [1.807, 2.05) is 53.4 Å². The van der Waals surface area contributed by atoms with E-state index in [4.69, 9.17) is 27.9 Å². The third-order valence-electron chi connectivity index (χ3n) is 6.12. The molecule has 3 aromatic carbocycles. The fourth-order valence-electron chi connectivity index (χ4n) is 4.29. The first kappa shape index (κ1) is 26.1. The van der Waals surface area contributed by atoms with E-state index in [0.717, 1.165) is 12.1 Å². The number of carbonyl (C=O) groups excluding carboxylic acids is 2. The number of hydrogen-bond donors (Lipinski definition) is 1. The number of nitrogens with zero attached hydrogens (tertiary/aromatic N) is 4. The molecule has 0 unspecified atom stereocenters. The number of benzene rings is 3. The van der Waals surface area contributed by atoms with E-state index < -0.39 is 5.91 Å². The summed E-state index contributed by atoms with van der Waals surface area (Å²) < 4.78 is 7.35. The van der Waals surface area contributed by atoms with Crippen LogP contribution in [0, 0.1) is 0 Å². The van der Waals surface area contributed by atoms with Crippen molar-refractivity contribution in [2.24, 2.45) is 0 Å². The van der Waals surface area contributed by atoms with Gasteiger partial charge in [0.2, 0.25) is 5.91 Å². The minimum atomic E-state index is -0.399. The zero-order valence-electron chi connectivity index (χ0n) is 20.4. The highest BCUT2D eigenvalue weighted by molar-refractivity contribution is 7.99. The molecule has 1 aromatic heterocycles. The first-order valence-corrected chi connectivity index (χ1v) is 13.5. The molecule has 5 rings (SSSR count). The molecule has 2 heterocycles. The summed E-state index contributed by atoms with van der Waals surface area (Å²) in [4.78, 5) is 27.8. The van der Waals surface area contributed by atoms with Crippen LogP contribution in [0.15, 0.2) is 71.9 Å². The number of rotatable bonds is 8. The summed E-state index contributed by atoms with van der Waals surface area (Å²) in [5.74, 6) is 0.817. The van der Waals surface area contributed by atoms with Gasteiger partial charge in [0.25, 0.3) is 5.91 Å². The van der Waals surface area contributed by atoms with Crippen molar-refractivity contribution in [1.82, 2.24) is 20.1 Å². The predicted molar refractivity (Wildman–Crippen MR) is 149 cm³/mol. The lowest BCUT2D eigenvalue weighted by atomic mass is 10.2. The van der Waals surface area contributed by atoms with Gasteiger partial charge in [-0.2, -0.15) is 0 Å². The summed E-state index contributed by atoms with van der Waals surface area (Å²) in [5.41, 5.74) is 3.06. The molecule has 1 N–H and O–H groups in total. The molecule has 0 aliphatic carbocycles. The molecular formula is C27H23Cl2N5O3S. The SMILES string of the molecule is COc1ccccc1-n1c(CNC(=O)c2cc(Cl)ccc2Cl)nnc1SCC(=O)N1CCc2ccccc21. The average Bonchev–Trinajstić information content (AvgIpc) is 3.56. The number of halogens is 2. The molecule has 8 nitrogen and oxygen atoms in total. The summed E-state index contributed by atoms with van der Waals surface area (Å²) in [6, 6.07) is 20.0. The average molecular weight is 568 g/mol. The zero-order chi connectivity index (χ0) is 26.6.